The van der Waals surface area contributed by atoms with Gasteiger partial charge >= 0.3 is 0 Å². The lowest BCUT2D eigenvalue weighted by molar-refractivity contribution is -0.122. The summed E-state index contributed by atoms with van der Waals surface area (Å²) in [6.07, 6.45) is 0.274. The molecular formula is C13H18F2N2O. The first-order chi connectivity index (χ1) is 8.28. The van der Waals surface area contributed by atoms with Gasteiger partial charge in [0.05, 0.1) is 0 Å². The van der Waals surface area contributed by atoms with Gasteiger partial charge in [-0.25, -0.2) is 8.78 Å². The number of hydrogen-bond donors (Lipinski definition) is 2. The summed E-state index contributed by atoms with van der Waals surface area (Å²) < 4.78 is 25.6. The highest BCUT2D eigenvalue weighted by molar-refractivity contribution is 5.77. The minimum atomic E-state index is -0.904. The largest absolute Gasteiger partial charge is 0.384 e. The Kier molecular flexibility index (Phi) is 4.64. The molecule has 0 aliphatic rings. The smallest absolute Gasteiger partial charge is 0.222 e. The van der Waals surface area contributed by atoms with Crippen molar-refractivity contribution in [3.63, 3.8) is 0 Å². The zero-order chi connectivity index (χ0) is 13.8. The Morgan fingerprint density at radius 3 is 2.44 bits per heavy atom. The fourth-order valence-electron chi connectivity index (χ4n) is 1.41. The molecule has 18 heavy (non-hydrogen) atoms. The molecule has 0 atom stereocenters. The molecule has 3 nitrogen and oxygen atoms in total. The van der Waals surface area contributed by atoms with Crippen molar-refractivity contribution in [3.8, 4) is 0 Å². The van der Waals surface area contributed by atoms with E-state index in [2.05, 4.69) is 10.6 Å². The highest BCUT2D eigenvalue weighted by atomic mass is 19.2. The Hall–Kier alpha value is -1.65. The van der Waals surface area contributed by atoms with Gasteiger partial charge in [-0.15, -0.1) is 0 Å². The molecule has 1 aromatic carbocycles. The standard InChI is InChI=1S/C13H18F2N2O/c1-13(2,3)17-12(18)6-7-16-9-4-5-10(14)11(15)8-9/h4-5,8,16H,6-7H2,1-3H3,(H,17,18). The van der Waals surface area contributed by atoms with Gasteiger partial charge in [-0.2, -0.15) is 0 Å². The Morgan fingerprint density at radius 2 is 1.89 bits per heavy atom. The van der Waals surface area contributed by atoms with Crippen LogP contribution in [0.3, 0.4) is 0 Å². The van der Waals surface area contributed by atoms with Crippen LogP contribution in [0.5, 0.6) is 0 Å². The zero-order valence-electron chi connectivity index (χ0n) is 10.8. The lowest BCUT2D eigenvalue weighted by Gasteiger charge is -2.20. The highest BCUT2D eigenvalue weighted by Gasteiger charge is 2.13. The number of nitrogens with one attached hydrogen (secondary N) is 2. The molecule has 0 radical (unpaired) electrons. The Balaban J connectivity index is 2.38. The number of carbonyl (C=O) groups is 1. The number of anilines is 1. The molecule has 1 aromatic rings. The maximum Gasteiger partial charge on any atom is 0.222 e. The van der Waals surface area contributed by atoms with Crippen LogP contribution in [-0.4, -0.2) is 18.0 Å². The van der Waals surface area contributed by atoms with Crippen LogP contribution in [0.15, 0.2) is 18.2 Å². The van der Waals surface area contributed by atoms with Gasteiger partial charge in [0.15, 0.2) is 11.6 Å². The van der Waals surface area contributed by atoms with Crippen LogP contribution in [0.25, 0.3) is 0 Å². The first-order valence-corrected chi connectivity index (χ1v) is 5.78. The van der Waals surface area contributed by atoms with Crippen molar-refractivity contribution in [1.82, 2.24) is 5.32 Å². The summed E-state index contributed by atoms with van der Waals surface area (Å²) in [6.45, 7) is 6.06. The summed E-state index contributed by atoms with van der Waals surface area (Å²) in [4.78, 5) is 11.5. The molecule has 0 spiro atoms. The van der Waals surface area contributed by atoms with E-state index < -0.39 is 11.6 Å². The Labute approximate surface area is 106 Å². The van der Waals surface area contributed by atoms with Crippen LogP contribution in [-0.2, 0) is 4.79 Å². The minimum absolute atomic E-state index is 0.0856. The summed E-state index contributed by atoms with van der Waals surface area (Å²) in [5.74, 6) is -1.87. The van der Waals surface area contributed by atoms with E-state index in [0.29, 0.717) is 12.2 Å². The second-order valence-electron chi connectivity index (χ2n) is 5.10. The number of carbonyl (C=O) groups excluding carboxylic acids is 1. The van der Waals surface area contributed by atoms with E-state index in [1.54, 1.807) is 0 Å². The zero-order valence-corrected chi connectivity index (χ0v) is 10.8. The third-order valence-corrected chi connectivity index (χ3v) is 2.12. The molecule has 0 aliphatic heterocycles. The first-order valence-electron chi connectivity index (χ1n) is 5.78. The summed E-state index contributed by atoms with van der Waals surface area (Å²) in [5, 5.41) is 5.67. The SMILES string of the molecule is CC(C)(C)NC(=O)CCNc1ccc(F)c(F)c1. The molecule has 0 bridgehead atoms. The van der Waals surface area contributed by atoms with Gasteiger partial charge in [-0.05, 0) is 39.0 Å². The summed E-state index contributed by atoms with van der Waals surface area (Å²) in [5.41, 5.74) is 0.191. The van der Waals surface area contributed by atoms with E-state index >= 15 is 0 Å². The van der Waals surface area contributed by atoms with Gasteiger partial charge in [0.2, 0.25) is 5.91 Å². The van der Waals surface area contributed by atoms with Crippen molar-refractivity contribution in [2.75, 3.05) is 11.9 Å². The number of amides is 1. The molecule has 2 N–H and O–H groups in total. The van der Waals surface area contributed by atoms with Crippen molar-refractivity contribution in [2.24, 2.45) is 0 Å². The fraction of sp³-hybridized carbons (Fsp3) is 0.462. The average molecular weight is 256 g/mol. The van der Waals surface area contributed by atoms with E-state index in [1.165, 1.54) is 6.07 Å². The van der Waals surface area contributed by atoms with Crippen molar-refractivity contribution in [1.29, 1.82) is 0 Å². The number of benzene rings is 1. The molecule has 1 rings (SSSR count). The van der Waals surface area contributed by atoms with Crippen LogP contribution in [0.2, 0.25) is 0 Å². The van der Waals surface area contributed by atoms with Gasteiger partial charge < -0.3 is 10.6 Å². The van der Waals surface area contributed by atoms with Crippen molar-refractivity contribution >= 4 is 11.6 Å². The van der Waals surface area contributed by atoms with Crippen LogP contribution in [0.4, 0.5) is 14.5 Å². The van der Waals surface area contributed by atoms with Gasteiger partial charge in [-0.1, -0.05) is 0 Å². The molecule has 0 unspecified atom stereocenters. The molecule has 0 saturated heterocycles. The first kappa shape index (κ1) is 14.4. The maximum atomic E-state index is 12.9. The van der Waals surface area contributed by atoms with Crippen LogP contribution in [0, 0.1) is 11.6 Å². The highest BCUT2D eigenvalue weighted by Crippen LogP contribution is 2.12. The fourth-order valence-corrected chi connectivity index (χ4v) is 1.41. The molecule has 0 heterocycles. The minimum Gasteiger partial charge on any atom is -0.384 e. The van der Waals surface area contributed by atoms with E-state index in [0.717, 1.165) is 12.1 Å². The predicted molar refractivity (Wildman–Crippen MR) is 67.4 cm³/mol. The van der Waals surface area contributed by atoms with Crippen LogP contribution in [0.1, 0.15) is 27.2 Å². The Morgan fingerprint density at radius 1 is 1.22 bits per heavy atom. The Bertz CT molecular complexity index is 427. The topological polar surface area (TPSA) is 41.1 Å². The average Bonchev–Trinajstić information content (AvgIpc) is 2.20. The lowest BCUT2D eigenvalue weighted by atomic mass is 10.1. The predicted octanol–water partition coefficient (Wildman–Crippen LogP) is 2.68. The molecule has 0 aliphatic carbocycles. The maximum absolute atomic E-state index is 12.9. The van der Waals surface area contributed by atoms with E-state index in [1.807, 2.05) is 20.8 Å². The molecule has 0 fully saturated rings. The monoisotopic (exact) mass is 256 g/mol. The molecular weight excluding hydrogens is 238 g/mol. The molecule has 0 aromatic heterocycles. The third kappa shape index (κ3) is 5.12. The second kappa shape index (κ2) is 5.80. The van der Waals surface area contributed by atoms with Gasteiger partial charge in [0, 0.05) is 24.2 Å². The van der Waals surface area contributed by atoms with E-state index in [4.69, 9.17) is 0 Å². The molecule has 1 amide bonds. The van der Waals surface area contributed by atoms with Crippen molar-refractivity contribution < 1.29 is 13.6 Å². The lowest BCUT2D eigenvalue weighted by Crippen LogP contribution is -2.41. The van der Waals surface area contributed by atoms with Crippen molar-refractivity contribution in [3.05, 3.63) is 29.8 Å². The van der Waals surface area contributed by atoms with Crippen LogP contribution < -0.4 is 10.6 Å². The van der Waals surface area contributed by atoms with Gasteiger partial charge in [0.1, 0.15) is 0 Å². The van der Waals surface area contributed by atoms with Gasteiger partial charge in [-0.3, -0.25) is 4.79 Å². The summed E-state index contributed by atoms with van der Waals surface area (Å²) in [6, 6.07) is 3.55. The quantitative estimate of drug-likeness (QED) is 0.869. The van der Waals surface area contributed by atoms with Crippen LogP contribution >= 0.6 is 0 Å². The molecule has 100 valence electrons. The third-order valence-electron chi connectivity index (χ3n) is 2.12. The second-order valence-corrected chi connectivity index (χ2v) is 5.10. The summed E-state index contributed by atoms with van der Waals surface area (Å²) in [7, 11) is 0. The summed E-state index contributed by atoms with van der Waals surface area (Å²) >= 11 is 0. The van der Waals surface area contributed by atoms with Gasteiger partial charge in [0.25, 0.3) is 0 Å². The van der Waals surface area contributed by atoms with Crippen molar-refractivity contribution in [2.45, 2.75) is 32.7 Å². The normalized spacial score (nSPS) is 11.2. The molecule has 5 heteroatoms. The van der Waals surface area contributed by atoms with E-state index in [9.17, 15) is 13.6 Å². The van der Waals surface area contributed by atoms with E-state index in [-0.39, 0.29) is 17.9 Å². The number of hydrogen-bond acceptors (Lipinski definition) is 2. The number of halogens is 2. The molecule has 0 saturated carbocycles. The number of rotatable bonds is 4.